The minimum Gasteiger partial charge on any atom is -0.496 e. The van der Waals surface area contributed by atoms with Crippen LogP contribution in [-0.4, -0.2) is 22.4 Å². The van der Waals surface area contributed by atoms with Crippen molar-refractivity contribution in [2.45, 2.75) is 26.3 Å². The van der Waals surface area contributed by atoms with Crippen LogP contribution in [0.2, 0.25) is 0 Å². The van der Waals surface area contributed by atoms with Crippen LogP contribution in [0.4, 0.5) is 0 Å². The molecule has 0 saturated heterocycles. The summed E-state index contributed by atoms with van der Waals surface area (Å²) in [5.41, 5.74) is 2.71. The third-order valence-electron chi connectivity index (χ3n) is 5.09. The summed E-state index contributed by atoms with van der Waals surface area (Å²) in [7, 11) is 1.63. The van der Waals surface area contributed by atoms with Gasteiger partial charge in [0.25, 0.3) is 5.56 Å². The fraction of sp³-hybridized carbons (Fsp3) is 0.208. The van der Waals surface area contributed by atoms with Crippen molar-refractivity contribution in [1.82, 2.24) is 9.55 Å². The van der Waals surface area contributed by atoms with Crippen molar-refractivity contribution in [2.75, 3.05) is 7.11 Å². The number of fused-ring (bicyclic) bond motifs is 1. The van der Waals surface area contributed by atoms with E-state index in [4.69, 9.17) is 9.72 Å². The van der Waals surface area contributed by atoms with Crippen molar-refractivity contribution in [3.63, 3.8) is 0 Å². The lowest BCUT2D eigenvalue weighted by Gasteiger charge is -2.14. The monoisotopic (exact) mass is 418 g/mol. The van der Waals surface area contributed by atoms with Crippen LogP contribution in [0.15, 0.2) is 64.8 Å². The zero-order valence-electron chi connectivity index (χ0n) is 16.9. The molecule has 0 unspecified atom stereocenters. The Morgan fingerprint density at radius 1 is 1.10 bits per heavy atom. The Morgan fingerprint density at radius 3 is 2.57 bits per heavy atom. The highest BCUT2D eigenvalue weighted by Gasteiger charge is 2.18. The number of hydrogen-bond acceptors (Lipinski definition) is 5. The van der Waals surface area contributed by atoms with E-state index in [1.54, 1.807) is 11.7 Å². The summed E-state index contributed by atoms with van der Waals surface area (Å²) in [5, 5.41) is 2.59. The Bertz CT molecular complexity index is 1260. The van der Waals surface area contributed by atoms with Gasteiger partial charge in [-0.2, -0.15) is 0 Å². The van der Waals surface area contributed by atoms with E-state index in [2.05, 4.69) is 0 Å². The normalized spacial score (nSPS) is 11.0. The van der Waals surface area contributed by atoms with Gasteiger partial charge in [0, 0.05) is 35.9 Å². The average molecular weight is 419 g/mol. The van der Waals surface area contributed by atoms with E-state index in [1.165, 1.54) is 18.3 Å². The second-order valence-corrected chi connectivity index (χ2v) is 7.98. The van der Waals surface area contributed by atoms with Gasteiger partial charge in [-0.1, -0.05) is 48.5 Å². The first-order chi connectivity index (χ1) is 14.6. The summed E-state index contributed by atoms with van der Waals surface area (Å²) >= 11 is 1.47. The summed E-state index contributed by atoms with van der Waals surface area (Å²) in [6, 6.07) is 17.5. The van der Waals surface area contributed by atoms with Crippen LogP contribution < -0.4 is 10.3 Å². The lowest BCUT2D eigenvalue weighted by Crippen LogP contribution is -2.26. The zero-order valence-corrected chi connectivity index (χ0v) is 17.7. The predicted octanol–water partition coefficient (Wildman–Crippen LogP) is 4.70. The van der Waals surface area contributed by atoms with Crippen molar-refractivity contribution in [3.8, 4) is 16.9 Å². The number of nitrogens with zero attached hydrogens (tertiary/aromatic N) is 2. The number of thiophene rings is 1. The lowest BCUT2D eigenvalue weighted by atomic mass is 10.1. The Balaban J connectivity index is 1.88. The first kappa shape index (κ1) is 20.0. The van der Waals surface area contributed by atoms with Crippen LogP contribution in [0.25, 0.3) is 21.3 Å². The number of Topliss-reactive ketones (excluding diaryl/α,β-unsaturated/α-hetero) is 1. The van der Waals surface area contributed by atoms with E-state index >= 15 is 0 Å². The Kier molecular flexibility index (Phi) is 5.77. The van der Waals surface area contributed by atoms with Crippen molar-refractivity contribution in [1.29, 1.82) is 0 Å². The first-order valence-electron chi connectivity index (χ1n) is 9.76. The van der Waals surface area contributed by atoms with Crippen LogP contribution in [0.3, 0.4) is 0 Å². The largest absolute Gasteiger partial charge is 0.496 e. The van der Waals surface area contributed by atoms with Gasteiger partial charge in [0.15, 0.2) is 0 Å². The van der Waals surface area contributed by atoms with E-state index in [0.29, 0.717) is 29.0 Å². The second-order valence-electron chi connectivity index (χ2n) is 7.12. The summed E-state index contributed by atoms with van der Waals surface area (Å²) in [5.74, 6) is 1.43. The molecule has 2 aromatic carbocycles. The maximum atomic E-state index is 13.5. The number of rotatable bonds is 7. The number of methoxy groups -OCH3 is 1. The molecule has 0 radical (unpaired) electrons. The minimum atomic E-state index is -0.105. The smallest absolute Gasteiger partial charge is 0.262 e. The van der Waals surface area contributed by atoms with Crippen LogP contribution in [-0.2, 0) is 17.8 Å². The third kappa shape index (κ3) is 3.91. The van der Waals surface area contributed by atoms with Crippen molar-refractivity contribution >= 4 is 27.3 Å². The molecular formula is C24H22N2O3S. The molecule has 2 heterocycles. The van der Waals surface area contributed by atoms with Gasteiger partial charge >= 0.3 is 0 Å². The summed E-state index contributed by atoms with van der Waals surface area (Å²) < 4.78 is 7.12. The predicted molar refractivity (Wildman–Crippen MR) is 120 cm³/mol. The molecular weight excluding hydrogens is 396 g/mol. The fourth-order valence-electron chi connectivity index (χ4n) is 3.55. The fourth-order valence-corrected chi connectivity index (χ4v) is 4.51. The third-order valence-corrected chi connectivity index (χ3v) is 5.96. The maximum absolute atomic E-state index is 13.5. The van der Waals surface area contributed by atoms with Gasteiger partial charge < -0.3 is 4.74 Å². The van der Waals surface area contributed by atoms with E-state index in [1.807, 2.05) is 60.0 Å². The van der Waals surface area contributed by atoms with Crippen LogP contribution in [0.5, 0.6) is 5.75 Å². The number of ether oxygens (including phenoxy) is 1. The minimum absolute atomic E-state index is 0.0406. The molecule has 6 heteroatoms. The van der Waals surface area contributed by atoms with Crippen LogP contribution in [0.1, 0.15) is 24.7 Å². The van der Waals surface area contributed by atoms with E-state index < -0.39 is 0 Å². The second kappa shape index (κ2) is 8.63. The summed E-state index contributed by atoms with van der Waals surface area (Å²) in [6.07, 6.45) is 0.739. The number of hydrogen-bond donors (Lipinski definition) is 0. The van der Waals surface area contributed by atoms with Gasteiger partial charge in [0.2, 0.25) is 0 Å². The van der Waals surface area contributed by atoms with Crippen LogP contribution in [0, 0.1) is 0 Å². The van der Waals surface area contributed by atoms with Gasteiger partial charge in [-0.15, -0.1) is 11.3 Å². The van der Waals surface area contributed by atoms with Crippen molar-refractivity contribution in [3.05, 3.63) is 81.7 Å². The van der Waals surface area contributed by atoms with Gasteiger partial charge in [0.05, 0.1) is 12.5 Å². The molecule has 0 spiro atoms. The number of carbonyl (C=O) groups excluding carboxylic acids is 1. The van der Waals surface area contributed by atoms with Gasteiger partial charge in [-0.3, -0.25) is 14.2 Å². The highest BCUT2D eigenvalue weighted by Crippen LogP contribution is 2.31. The lowest BCUT2D eigenvalue weighted by molar-refractivity contribution is -0.117. The molecule has 0 aliphatic carbocycles. The number of ketones is 1. The Morgan fingerprint density at radius 2 is 1.83 bits per heavy atom. The zero-order chi connectivity index (χ0) is 21.1. The standard InChI is InChI=1S/C24H22N2O3S/c1-16(27)12-13-26-21(14-18-10-6-7-11-20(18)29-2)25-23-22(24(26)28)19(15-30-23)17-8-4-3-5-9-17/h3-11,15H,12-14H2,1-2H3. The first-order valence-corrected chi connectivity index (χ1v) is 10.6. The molecule has 0 amide bonds. The highest BCUT2D eigenvalue weighted by atomic mass is 32.1. The molecule has 0 saturated carbocycles. The number of aromatic nitrogens is 2. The van der Waals surface area contributed by atoms with Crippen molar-refractivity contribution in [2.24, 2.45) is 0 Å². The number of para-hydroxylation sites is 1. The quantitative estimate of drug-likeness (QED) is 0.436. The Hall–Kier alpha value is -3.25. The number of benzene rings is 2. The van der Waals surface area contributed by atoms with Gasteiger partial charge in [-0.05, 0) is 18.6 Å². The SMILES string of the molecule is COc1ccccc1Cc1nc2scc(-c3ccccc3)c2c(=O)n1CCC(C)=O. The highest BCUT2D eigenvalue weighted by molar-refractivity contribution is 7.17. The van der Waals surface area contributed by atoms with Gasteiger partial charge in [-0.25, -0.2) is 4.98 Å². The molecule has 0 N–H and O–H groups in total. The van der Waals surface area contributed by atoms with Gasteiger partial charge in [0.1, 0.15) is 22.2 Å². The molecule has 0 atom stereocenters. The van der Waals surface area contributed by atoms with E-state index in [9.17, 15) is 9.59 Å². The molecule has 30 heavy (non-hydrogen) atoms. The molecule has 4 aromatic rings. The molecule has 152 valence electrons. The molecule has 0 aliphatic rings. The average Bonchev–Trinajstić information content (AvgIpc) is 3.18. The number of carbonyl (C=O) groups is 1. The summed E-state index contributed by atoms with van der Waals surface area (Å²) in [6.45, 7) is 1.85. The van der Waals surface area contributed by atoms with Crippen LogP contribution >= 0.6 is 11.3 Å². The summed E-state index contributed by atoms with van der Waals surface area (Å²) in [4.78, 5) is 30.8. The molecule has 2 aromatic heterocycles. The molecule has 5 nitrogen and oxygen atoms in total. The molecule has 0 aliphatic heterocycles. The topological polar surface area (TPSA) is 61.2 Å². The van der Waals surface area contributed by atoms with E-state index in [0.717, 1.165) is 22.4 Å². The molecule has 0 fully saturated rings. The molecule has 4 rings (SSSR count). The maximum Gasteiger partial charge on any atom is 0.262 e. The van der Waals surface area contributed by atoms with E-state index in [-0.39, 0.29) is 17.8 Å². The Labute approximate surface area is 178 Å². The van der Waals surface area contributed by atoms with Crippen molar-refractivity contribution < 1.29 is 9.53 Å². The molecule has 0 bridgehead atoms.